The van der Waals surface area contributed by atoms with Crippen molar-refractivity contribution in [1.82, 2.24) is 4.81 Å². The molecule has 4 nitrogen and oxygen atoms in total. The van der Waals surface area contributed by atoms with Gasteiger partial charge < -0.3 is 14.9 Å². The highest BCUT2D eigenvalue weighted by atomic mass is 16.4. The van der Waals surface area contributed by atoms with E-state index in [4.69, 9.17) is 0 Å². The number of rotatable bonds is 3. The van der Waals surface area contributed by atoms with E-state index in [1.165, 1.54) is 0 Å². The molecule has 1 aromatic rings. The Morgan fingerprint density at radius 1 is 1.39 bits per heavy atom. The molecule has 0 radical (unpaired) electrons. The molecule has 1 aromatic carbocycles. The van der Waals surface area contributed by atoms with E-state index in [0.29, 0.717) is 19.5 Å². The first-order valence-electron chi connectivity index (χ1n) is 6.29. The van der Waals surface area contributed by atoms with Gasteiger partial charge in [0.2, 0.25) is 0 Å². The first-order valence-corrected chi connectivity index (χ1v) is 6.29. The number of aliphatic carboxylic acids is 1. The number of nitrogens with zero attached hydrogens (tertiary/aromatic N) is 1. The quantitative estimate of drug-likeness (QED) is 0.790. The van der Waals surface area contributed by atoms with Gasteiger partial charge in [0.1, 0.15) is 0 Å². The molecule has 0 aromatic heterocycles. The Bertz CT molecular complexity index is 410. The van der Waals surface area contributed by atoms with Crippen molar-refractivity contribution < 1.29 is 14.9 Å². The van der Waals surface area contributed by atoms with E-state index in [1.54, 1.807) is 6.82 Å². The Kier molecular flexibility index (Phi) is 4.04. The van der Waals surface area contributed by atoms with Crippen molar-refractivity contribution in [3.05, 3.63) is 35.9 Å². The Balaban J connectivity index is 2.23. The highest BCUT2D eigenvalue weighted by Crippen LogP contribution is 2.32. The van der Waals surface area contributed by atoms with Crippen molar-refractivity contribution in [1.29, 1.82) is 0 Å². The number of hydrogen-bond donors (Lipinski definition) is 2. The average Bonchev–Trinajstić information content (AvgIpc) is 2.39. The molecule has 0 saturated carbocycles. The maximum Gasteiger partial charge on any atom is 0.376 e. The molecule has 1 fully saturated rings. The van der Waals surface area contributed by atoms with Gasteiger partial charge >= 0.3 is 13.0 Å². The fraction of sp³-hybridized carbons (Fsp3) is 0.462. The van der Waals surface area contributed by atoms with E-state index in [9.17, 15) is 14.9 Å². The summed E-state index contributed by atoms with van der Waals surface area (Å²) in [6.45, 7) is 2.96. The fourth-order valence-electron chi connectivity index (χ4n) is 2.65. The van der Waals surface area contributed by atoms with Crippen LogP contribution < -0.4 is 0 Å². The van der Waals surface area contributed by atoms with Gasteiger partial charge in [-0.2, -0.15) is 0 Å². The van der Waals surface area contributed by atoms with Crippen molar-refractivity contribution in [3.8, 4) is 0 Å². The summed E-state index contributed by atoms with van der Waals surface area (Å²) in [7, 11) is -0.522. The van der Waals surface area contributed by atoms with Gasteiger partial charge in [-0.05, 0) is 31.9 Å². The lowest BCUT2D eigenvalue weighted by molar-refractivity contribution is -0.143. The van der Waals surface area contributed by atoms with Crippen LogP contribution in [0.1, 0.15) is 17.9 Å². The van der Waals surface area contributed by atoms with Gasteiger partial charge in [0.15, 0.2) is 0 Å². The zero-order chi connectivity index (χ0) is 13.1. The number of carboxylic acids is 1. The molecular weight excluding hydrogens is 229 g/mol. The standard InChI is InChI=1S/C13H18BNO3/c1-14(18)15-8-7-11(13(16)17)12(9-15)10-5-3-2-4-6-10/h2-6,11-12,18H,7-9H2,1H3,(H,16,17)/t11-,12-/m1/s1. The molecule has 0 spiro atoms. The summed E-state index contributed by atoms with van der Waals surface area (Å²) >= 11 is 0. The van der Waals surface area contributed by atoms with E-state index in [0.717, 1.165) is 5.56 Å². The van der Waals surface area contributed by atoms with Gasteiger partial charge in [0, 0.05) is 5.92 Å². The van der Waals surface area contributed by atoms with Gasteiger partial charge in [-0.1, -0.05) is 30.3 Å². The molecule has 0 bridgehead atoms. The second-order valence-electron chi connectivity index (χ2n) is 4.88. The minimum Gasteiger partial charge on any atom is -0.481 e. The van der Waals surface area contributed by atoms with Crippen LogP contribution in [0.15, 0.2) is 30.3 Å². The Morgan fingerprint density at radius 3 is 2.61 bits per heavy atom. The molecule has 0 amide bonds. The van der Waals surface area contributed by atoms with Gasteiger partial charge in [0.25, 0.3) is 0 Å². The fourth-order valence-corrected chi connectivity index (χ4v) is 2.65. The lowest BCUT2D eigenvalue weighted by atomic mass is 9.74. The van der Waals surface area contributed by atoms with Crippen LogP contribution in [0.4, 0.5) is 0 Å². The predicted octanol–water partition coefficient (Wildman–Crippen LogP) is 1.29. The molecule has 1 aliphatic rings. The topological polar surface area (TPSA) is 60.8 Å². The monoisotopic (exact) mass is 247 g/mol. The summed E-state index contributed by atoms with van der Waals surface area (Å²) in [6, 6.07) is 9.71. The van der Waals surface area contributed by atoms with E-state index in [-0.39, 0.29) is 11.8 Å². The lowest BCUT2D eigenvalue weighted by Crippen LogP contribution is -2.48. The average molecular weight is 247 g/mol. The number of carboxylic acid groups (broad SMARTS) is 1. The molecule has 1 saturated heterocycles. The van der Waals surface area contributed by atoms with E-state index in [1.807, 2.05) is 35.1 Å². The maximum absolute atomic E-state index is 11.3. The highest BCUT2D eigenvalue weighted by molar-refractivity contribution is 6.45. The van der Waals surface area contributed by atoms with Crippen LogP contribution >= 0.6 is 0 Å². The highest BCUT2D eigenvalue weighted by Gasteiger charge is 2.36. The summed E-state index contributed by atoms with van der Waals surface area (Å²) in [4.78, 5) is 13.3. The smallest absolute Gasteiger partial charge is 0.376 e. The maximum atomic E-state index is 11.3. The largest absolute Gasteiger partial charge is 0.481 e. The predicted molar refractivity (Wildman–Crippen MR) is 70.3 cm³/mol. The molecule has 2 atom stereocenters. The molecule has 96 valence electrons. The molecule has 18 heavy (non-hydrogen) atoms. The number of piperidine rings is 1. The third-order valence-electron chi connectivity index (χ3n) is 3.72. The van der Waals surface area contributed by atoms with E-state index < -0.39 is 13.0 Å². The molecule has 2 N–H and O–H groups in total. The van der Waals surface area contributed by atoms with Crippen LogP contribution in [-0.4, -0.2) is 41.1 Å². The third kappa shape index (κ3) is 2.74. The minimum absolute atomic E-state index is 0.0490. The van der Waals surface area contributed by atoms with Gasteiger partial charge in [-0.25, -0.2) is 0 Å². The molecule has 0 unspecified atom stereocenters. The van der Waals surface area contributed by atoms with Gasteiger partial charge in [-0.3, -0.25) is 4.79 Å². The van der Waals surface area contributed by atoms with Crippen molar-refractivity contribution in [2.45, 2.75) is 19.2 Å². The van der Waals surface area contributed by atoms with Crippen molar-refractivity contribution in [3.63, 3.8) is 0 Å². The molecular formula is C13H18BNO3. The van der Waals surface area contributed by atoms with Crippen LogP contribution in [0.3, 0.4) is 0 Å². The summed E-state index contributed by atoms with van der Waals surface area (Å²) in [6.07, 6.45) is 0.583. The summed E-state index contributed by atoms with van der Waals surface area (Å²) in [5.74, 6) is -1.15. The number of benzene rings is 1. The van der Waals surface area contributed by atoms with Crippen molar-refractivity contribution >= 4 is 13.0 Å². The Morgan fingerprint density at radius 2 is 2.06 bits per heavy atom. The first kappa shape index (κ1) is 13.1. The van der Waals surface area contributed by atoms with Crippen LogP contribution in [0.2, 0.25) is 6.82 Å². The summed E-state index contributed by atoms with van der Waals surface area (Å²) in [5, 5.41) is 19.0. The number of carbonyl (C=O) groups is 1. The number of hydrogen-bond acceptors (Lipinski definition) is 3. The van der Waals surface area contributed by atoms with E-state index in [2.05, 4.69) is 0 Å². The van der Waals surface area contributed by atoms with Crippen molar-refractivity contribution in [2.24, 2.45) is 5.92 Å². The Hall–Kier alpha value is -1.33. The molecule has 2 rings (SSSR count). The zero-order valence-corrected chi connectivity index (χ0v) is 10.5. The SMILES string of the molecule is CB(O)N1CC[C@@H](C(=O)O)[C@@H](c2ccccc2)C1. The molecule has 1 heterocycles. The molecule has 1 aliphatic heterocycles. The van der Waals surface area contributed by atoms with Gasteiger partial charge in [-0.15, -0.1) is 0 Å². The summed E-state index contributed by atoms with van der Waals surface area (Å²) < 4.78 is 0. The van der Waals surface area contributed by atoms with Gasteiger partial charge in [0.05, 0.1) is 5.92 Å². The van der Waals surface area contributed by atoms with Crippen LogP contribution in [0.25, 0.3) is 0 Å². The van der Waals surface area contributed by atoms with Crippen LogP contribution in [0.5, 0.6) is 0 Å². The van der Waals surface area contributed by atoms with Crippen molar-refractivity contribution in [2.75, 3.05) is 13.1 Å². The normalized spacial score (nSPS) is 24.8. The third-order valence-corrected chi connectivity index (χ3v) is 3.72. The molecule has 5 heteroatoms. The zero-order valence-electron chi connectivity index (χ0n) is 10.5. The first-order chi connectivity index (χ1) is 8.59. The van der Waals surface area contributed by atoms with Crippen LogP contribution in [-0.2, 0) is 4.79 Å². The lowest BCUT2D eigenvalue weighted by Gasteiger charge is -2.37. The van der Waals surface area contributed by atoms with Crippen LogP contribution in [0, 0.1) is 5.92 Å². The Labute approximate surface area is 107 Å². The van der Waals surface area contributed by atoms with E-state index >= 15 is 0 Å². The second-order valence-corrected chi connectivity index (χ2v) is 4.88. The summed E-state index contributed by atoms with van der Waals surface area (Å²) in [5.41, 5.74) is 1.04. The minimum atomic E-state index is -0.742. The molecule has 0 aliphatic carbocycles. The second kappa shape index (κ2) is 5.54.